The molecule has 0 radical (unpaired) electrons. The van der Waals surface area contributed by atoms with Crippen LogP contribution in [0.15, 0.2) is 24.3 Å². The van der Waals surface area contributed by atoms with Crippen LogP contribution in [0.3, 0.4) is 0 Å². The number of carbonyl (C=O) groups is 2. The highest BCUT2D eigenvalue weighted by atomic mass is 35.5. The molecular weight excluding hydrogens is 278 g/mol. The van der Waals surface area contributed by atoms with E-state index in [4.69, 9.17) is 11.6 Å². The van der Waals surface area contributed by atoms with E-state index in [9.17, 15) is 9.59 Å². The summed E-state index contributed by atoms with van der Waals surface area (Å²) in [6.07, 6.45) is 1.01. The standard InChI is InChI=1S/C14H18ClN3O2/c15-12-5-2-1-4-11(12)14(20)17-13(19)10-18-8-3-6-16-7-9-18/h1-2,4-5,16H,3,6-10H2,(H,17,19,20). The van der Waals surface area contributed by atoms with Crippen molar-refractivity contribution in [3.8, 4) is 0 Å². The van der Waals surface area contributed by atoms with Gasteiger partial charge in [-0.15, -0.1) is 0 Å². The lowest BCUT2D eigenvalue weighted by Crippen LogP contribution is -2.41. The maximum absolute atomic E-state index is 11.9. The minimum absolute atomic E-state index is 0.234. The molecule has 1 saturated heterocycles. The molecule has 6 heteroatoms. The highest BCUT2D eigenvalue weighted by Crippen LogP contribution is 2.14. The first kappa shape index (κ1) is 15.0. The van der Waals surface area contributed by atoms with Crippen LogP contribution in [0.5, 0.6) is 0 Å². The van der Waals surface area contributed by atoms with Gasteiger partial charge in [-0.05, 0) is 31.6 Å². The molecule has 20 heavy (non-hydrogen) atoms. The highest BCUT2D eigenvalue weighted by molar-refractivity contribution is 6.34. The van der Waals surface area contributed by atoms with Crippen molar-refractivity contribution in [2.45, 2.75) is 6.42 Å². The fraction of sp³-hybridized carbons (Fsp3) is 0.429. The second-order valence-corrected chi connectivity index (χ2v) is 5.14. The molecule has 0 aliphatic carbocycles. The third-order valence-electron chi connectivity index (χ3n) is 3.17. The quantitative estimate of drug-likeness (QED) is 0.869. The summed E-state index contributed by atoms with van der Waals surface area (Å²) in [7, 11) is 0. The fourth-order valence-electron chi connectivity index (χ4n) is 2.14. The Labute approximate surface area is 123 Å². The van der Waals surface area contributed by atoms with Crippen LogP contribution < -0.4 is 10.6 Å². The Morgan fingerprint density at radius 2 is 2.05 bits per heavy atom. The molecule has 1 fully saturated rings. The largest absolute Gasteiger partial charge is 0.315 e. The number of nitrogens with one attached hydrogen (secondary N) is 2. The summed E-state index contributed by atoms with van der Waals surface area (Å²) in [5, 5.41) is 5.99. The summed E-state index contributed by atoms with van der Waals surface area (Å²) >= 11 is 5.93. The first-order valence-electron chi connectivity index (χ1n) is 6.68. The van der Waals surface area contributed by atoms with Gasteiger partial charge in [0.2, 0.25) is 5.91 Å². The van der Waals surface area contributed by atoms with Crippen molar-refractivity contribution in [1.29, 1.82) is 0 Å². The molecule has 1 aliphatic rings. The fourth-order valence-corrected chi connectivity index (χ4v) is 2.36. The van der Waals surface area contributed by atoms with Gasteiger partial charge in [-0.2, -0.15) is 0 Å². The van der Waals surface area contributed by atoms with Crippen LogP contribution in [0.4, 0.5) is 0 Å². The number of rotatable bonds is 3. The average molecular weight is 296 g/mol. The zero-order valence-corrected chi connectivity index (χ0v) is 11.9. The van der Waals surface area contributed by atoms with Gasteiger partial charge in [-0.25, -0.2) is 0 Å². The predicted octanol–water partition coefficient (Wildman–Crippen LogP) is 0.892. The molecule has 1 aromatic rings. The summed E-state index contributed by atoms with van der Waals surface area (Å²) in [5.41, 5.74) is 0.319. The number of nitrogens with zero attached hydrogens (tertiary/aromatic N) is 1. The normalized spacial score (nSPS) is 16.4. The summed E-state index contributed by atoms with van der Waals surface area (Å²) in [6, 6.07) is 6.68. The molecule has 1 aliphatic heterocycles. The predicted molar refractivity (Wildman–Crippen MR) is 77.9 cm³/mol. The molecule has 2 amide bonds. The van der Waals surface area contributed by atoms with Crippen molar-refractivity contribution in [2.24, 2.45) is 0 Å². The van der Waals surface area contributed by atoms with E-state index in [-0.39, 0.29) is 12.5 Å². The lowest BCUT2D eigenvalue weighted by atomic mass is 10.2. The Balaban J connectivity index is 1.87. The van der Waals surface area contributed by atoms with Gasteiger partial charge in [0.05, 0.1) is 17.1 Å². The number of halogens is 1. The Hall–Kier alpha value is -1.43. The summed E-state index contributed by atoms with van der Waals surface area (Å²) in [6.45, 7) is 3.74. The molecule has 108 valence electrons. The van der Waals surface area contributed by atoms with Gasteiger partial charge in [0.1, 0.15) is 0 Å². The third-order valence-corrected chi connectivity index (χ3v) is 3.50. The molecule has 0 atom stereocenters. The first-order chi connectivity index (χ1) is 9.66. The van der Waals surface area contributed by atoms with Crippen LogP contribution in [-0.2, 0) is 4.79 Å². The number of hydrogen-bond acceptors (Lipinski definition) is 4. The van der Waals surface area contributed by atoms with E-state index in [0.717, 1.165) is 32.6 Å². The maximum atomic E-state index is 11.9. The maximum Gasteiger partial charge on any atom is 0.259 e. The molecule has 0 saturated carbocycles. The SMILES string of the molecule is O=C(CN1CCCNCC1)NC(=O)c1ccccc1Cl. The molecule has 5 nitrogen and oxygen atoms in total. The number of benzene rings is 1. The molecule has 1 heterocycles. The number of imide groups is 1. The summed E-state index contributed by atoms with van der Waals surface area (Å²) in [5.74, 6) is -0.745. The van der Waals surface area contributed by atoms with Gasteiger partial charge in [-0.3, -0.25) is 19.8 Å². The molecule has 0 spiro atoms. The second kappa shape index (κ2) is 7.38. The minimum atomic E-state index is -0.450. The lowest BCUT2D eigenvalue weighted by Gasteiger charge is -2.18. The monoisotopic (exact) mass is 295 g/mol. The second-order valence-electron chi connectivity index (χ2n) is 4.74. The first-order valence-corrected chi connectivity index (χ1v) is 7.06. The van der Waals surface area contributed by atoms with Crippen molar-refractivity contribution in [3.63, 3.8) is 0 Å². The zero-order valence-electron chi connectivity index (χ0n) is 11.2. The van der Waals surface area contributed by atoms with E-state index >= 15 is 0 Å². The number of amides is 2. The van der Waals surface area contributed by atoms with E-state index in [0.29, 0.717) is 10.6 Å². The molecule has 2 N–H and O–H groups in total. The van der Waals surface area contributed by atoms with Crippen LogP contribution in [0.2, 0.25) is 5.02 Å². The van der Waals surface area contributed by atoms with Crippen LogP contribution in [0.25, 0.3) is 0 Å². The van der Waals surface area contributed by atoms with E-state index in [2.05, 4.69) is 10.6 Å². The molecule has 0 bridgehead atoms. The Morgan fingerprint density at radius 3 is 2.85 bits per heavy atom. The zero-order chi connectivity index (χ0) is 14.4. The van der Waals surface area contributed by atoms with Crippen LogP contribution >= 0.6 is 11.6 Å². The summed E-state index contributed by atoms with van der Waals surface area (Å²) < 4.78 is 0. The minimum Gasteiger partial charge on any atom is -0.315 e. The van der Waals surface area contributed by atoms with E-state index in [1.54, 1.807) is 24.3 Å². The van der Waals surface area contributed by atoms with Crippen molar-refractivity contribution in [1.82, 2.24) is 15.5 Å². The molecule has 2 rings (SSSR count). The van der Waals surface area contributed by atoms with Crippen molar-refractivity contribution >= 4 is 23.4 Å². The smallest absolute Gasteiger partial charge is 0.259 e. The Kier molecular flexibility index (Phi) is 5.52. The van der Waals surface area contributed by atoms with Crippen LogP contribution in [0.1, 0.15) is 16.8 Å². The average Bonchev–Trinajstić information content (AvgIpc) is 2.67. The lowest BCUT2D eigenvalue weighted by molar-refractivity contribution is -0.121. The summed E-state index contributed by atoms with van der Waals surface area (Å²) in [4.78, 5) is 25.9. The number of hydrogen-bond donors (Lipinski definition) is 2. The van der Waals surface area contributed by atoms with Crippen molar-refractivity contribution < 1.29 is 9.59 Å². The van der Waals surface area contributed by atoms with Gasteiger partial charge in [0, 0.05) is 13.1 Å². The van der Waals surface area contributed by atoms with E-state index in [1.165, 1.54) is 0 Å². The van der Waals surface area contributed by atoms with Crippen LogP contribution in [0, 0.1) is 0 Å². The molecule has 1 aromatic carbocycles. The third kappa shape index (κ3) is 4.30. The van der Waals surface area contributed by atoms with Crippen LogP contribution in [-0.4, -0.2) is 49.4 Å². The van der Waals surface area contributed by atoms with E-state index in [1.807, 2.05) is 4.90 Å². The highest BCUT2D eigenvalue weighted by Gasteiger charge is 2.16. The number of carbonyl (C=O) groups excluding carboxylic acids is 2. The van der Waals surface area contributed by atoms with Gasteiger partial charge < -0.3 is 5.32 Å². The Morgan fingerprint density at radius 1 is 1.25 bits per heavy atom. The molecule has 0 aromatic heterocycles. The molecule has 0 unspecified atom stereocenters. The van der Waals surface area contributed by atoms with E-state index < -0.39 is 5.91 Å². The van der Waals surface area contributed by atoms with Crippen molar-refractivity contribution in [3.05, 3.63) is 34.9 Å². The van der Waals surface area contributed by atoms with Gasteiger partial charge in [0.15, 0.2) is 0 Å². The topological polar surface area (TPSA) is 61.4 Å². The Bertz CT molecular complexity index is 485. The molecular formula is C14H18ClN3O2. The van der Waals surface area contributed by atoms with Gasteiger partial charge >= 0.3 is 0 Å². The van der Waals surface area contributed by atoms with Gasteiger partial charge in [0.25, 0.3) is 5.91 Å². The van der Waals surface area contributed by atoms with Crippen molar-refractivity contribution in [2.75, 3.05) is 32.7 Å². The van der Waals surface area contributed by atoms with Gasteiger partial charge in [-0.1, -0.05) is 23.7 Å².